The molecule has 0 amide bonds. The molecule has 2 saturated heterocycles. The first-order valence-corrected chi connectivity index (χ1v) is 6.15. The van der Waals surface area contributed by atoms with E-state index in [2.05, 4.69) is 4.90 Å². The van der Waals surface area contributed by atoms with Crippen molar-refractivity contribution in [3.8, 4) is 0 Å². The van der Waals surface area contributed by atoms with Gasteiger partial charge in [0.15, 0.2) is 0 Å². The summed E-state index contributed by atoms with van der Waals surface area (Å²) in [5.41, 5.74) is 0.507. The molecule has 0 N–H and O–H groups in total. The lowest BCUT2D eigenvalue weighted by molar-refractivity contribution is -0.0299. The summed E-state index contributed by atoms with van der Waals surface area (Å²) in [7, 11) is 1.83. The second-order valence-electron chi connectivity index (χ2n) is 5.53. The van der Waals surface area contributed by atoms with E-state index < -0.39 is 0 Å². The fourth-order valence-corrected chi connectivity index (χ4v) is 3.19. The van der Waals surface area contributed by atoms with Gasteiger partial charge in [0.05, 0.1) is 19.8 Å². The summed E-state index contributed by atoms with van der Waals surface area (Å²) in [5, 5.41) is 0. The topological polar surface area (TPSA) is 21.7 Å². The average Bonchev–Trinajstić information content (AvgIpc) is 2.94. The lowest BCUT2D eigenvalue weighted by atomic mass is 10.1. The highest BCUT2D eigenvalue weighted by Gasteiger charge is 2.48. The standard InChI is InChI=1S/C12H21NO2/c1-14-9-12(4-5-12)8-13-10-2-3-11(13)7-15-6-10/h10-11H,2-9H2,1H3. The Bertz CT molecular complexity index is 224. The molecule has 3 aliphatic rings. The van der Waals surface area contributed by atoms with E-state index in [1.54, 1.807) is 0 Å². The highest BCUT2D eigenvalue weighted by atomic mass is 16.5. The van der Waals surface area contributed by atoms with E-state index in [0.717, 1.165) is 19.8 Å². The van der Waals surface area contributed by atoms with Crippen LogP contribution in [-0.4, -0.2) is 50.5 Å². The molecule has 86 valence electrons. The van der Waals surface area contributed by atoms with E-state index in [-0.39, 0.29) is 0 Å². The first kappa shape index (κ1) is 10.1. The average molecular weight is 211 g/mol. The van der Waals surface area contributed by atoms with E-state index in [1.165, 1.54) is 32.2 Å². The molecule has 0 radical (unpaired) electrons. The molecule has 2 heterocycles. The predicted octanol–water partition coefficient (Wildman–Crippen LogP) is 1.28. The van der Waals surface area contributed by atoms with Gasteiger partial charge in [-0.25, -0.2) is 0 Å². The lowest BCUT2D eigenvalue weighted by Crippen LogP contribution is -2.48. The van der Waals surface area contributed by atoms with Crippen molar-refractivity contribution in [2.24, 2.45) is 5.41 Å². The molecule has 2 bridgehead atoms. The molecule has 1 saturated carbocycles. The number of ether oxygens (including phenoxy) is 2. The molecule has 3 rings (SSSR count). The maximum absolute atomic E-state index is 5.61. The minimum absolute atomic E-state index is 0.507. The summed E-state index contributed by atoms with van der Waals surface area (Å²) in [4.78, 5) is 2.70. The van der Waals surface area contributed by atoms with Gasteiger partial charge >= 0.3 is 0 Å². The number of hydrogen-bond acceptors (Lipinski definition) is 3. The lowest BCUT2D eigenvalue weighted by Gasteiger charge is -2.37. The second-order valence-corrected chi connectivity index (χ2v) is 5.53. The number of rotatable bonds is 4. The zero-order valence-corrected chi connectivity index (χ0v) is 9.58. The first-order valence-electron chi connectivity index (χ1n) is 6.15. The van der Waals surface area contributed by atoms with Crippen LogP contribution in [0.3, 0.4) is 0 Å². The molecule has 2 atom stereocenters. The van der Waals surface area contributed by atoms with Gasteiger partial charge < -0.3 is 9.47 Å². The molecule has 2 unspecified atom stereocenters. The monoisotopic (exact) mass is 211 g/mol. The summed E-state index contributed by atoms with van der Waals surface area (Å²) in [6, 6.07) is 1.41. The molecule has 1 aliphatic carbocycles. The Morgan fingerprint density at radius 2 is 1.93 bits per heavy atom. The van der Waals surface area contributed by atoms with Gasteiger partial charge in [-0.15, -0.1) is 0 Å². The zero-order valence-electron chi connectivity index (χ0n) is 9.58. The van der Waals surface area contributed by atoms with Crippen LogP contribution < -0.4 is 0 Å². The van der Waals surface area contributed by atoms with E-state index >= 15 is 0 Å². The third-order valence-electron chi connectivity index (χ3n) is 4.32. The Morgan fingerprint density at radius 1 is 1.27 bits per heavy atom. The van der Waals surface area contributed by atoms with Crippen molar-refractivity contribution in [2.75, 3.05) is 33.5 Å². The Hall–Kier alpha value is -0.120. The molecule has 3 heteroatoms. The van der Waals surface area contributed by atoms with Crippen LogP contribution >= 0.6 is 0 Å². The predicted molar refractivity (Wildman–Crippen MR) is 57.9 cm³/mol. The van der Waals surface area contributed by atoms with Gasteiger partial charge in [0.25, 0.3) is 0 Å². The normalized spacial score (nSPS) is 38.2. The molecule has 0 spiro atoms. The molecule has 0 aromatic carbocycles. The molecule has 3 fully saturated rings. The van der Waals surface area contributed by atoms with E-state index in [1.807, 2.05) is 7.11 Å². The molecule has 15 heavy (non-hydrogen) atoms. The quantitative estimate of drug-likeness (QED) is 0.699. The molecular formula is C12H21NO2. The summed E-state index contributed by atoms with van der Waals surface area (Å²) in [6.45, 7) is 4.11. The van der Waals surface area contributed by atoms with Crippen molar-refractivity contribution < 1.29 is 9.47 Å². The third-order valence-corrected chi connectivity index (χ3v) is 4.32. The first-order chi connectivity index (χ1) is 7.33. The molecule has 2 aliphatic heterocycles. The zero-order chi connectivity index (χ0) is 10.3. The van der Waals surface area contributed by atoms with Gasteiger partial charge in [0.2, 0.25) is 0 Å². The van der Waals surface area contributed by atoms with E-state index in [9.17, 15) is 0 Å². The Labute approximate surface area is 91.7 Å². The van der Waals surface area contributed by atoms with Crippen molar-refractivity contribution in [3.05, 3.63) is 0 Å². The SMILES string of the molecule is COCC1(CN2C3CCC2COC3)CC1. The number of fused-ring (bicyclic) bond motifs is 2. The van der Waals surface area contributed by atoms with Crippen molar-refractivity contribution in [1.82, 2.24) is 4.90 Å². The number of morpholine rings is 1. The minimum atomic E-state index is 0.507. The van der Waals surface area contributed by atoms with Crippen LogP contribution in [0.25, 0.3) is 0 Å². The van der Waals surface area contributed by atoms with E-state index in [0.29, 0.717) is 17.5 Å². The fourth-order valence-electron chi connectivity index (χ4n) is 3.19. The van der Waals surface area contributed by atoms with Crippen LogP contribution in [0.5, 0.6) is 0 Å². The number of methoxy groups -OCH3 is 1. The summed E-state index contributed by atoms with van der Waals surface area (Å²) in [6.07, 6.45) is 5.40. The van der Waals surface area contributed by atoms with Crippen LogP contribution in [0, 0.1) is 5.41 Å². The summed E-state index contributed by atoms with van der Waals surface area (Å²) < 4.78 is 11.0. The molecule has 3 nitrogen and oxygen atoms in total. The Kier molecular flexibility index (Phi) is 2.49. The summed E-state index contributed by atoms with van der Waals surface area (Å²) in [5.74, 6) is 0. The number of hydrogen-bond donors (Lipinski definition) is 0. The van der Waals surface area contributed by atoms with Crippen molar-refractivity contribution >= 4 is 0 Å². The third kappa shape index (κ3) is 1.81. The van der Waals surface area contributed by atoms with Crippen LogP contribution in [0.2, 0.25) is 0 Å². The van der Waals surface area contributed by atoms with Crippen molar-refractivity contribution in [1.29, 1.82) is 0 Å². The maximum atomic E-state index is 5.61. The Morgan fingerprint density at radius 3 is 2.47 bits per heavy atom. The second kappa shape index (κ2) is 3.72. The fraction of sp³-hybridized carbons (Fsp3) is 1.00. The largest absolute Gasteiger partial charge is 0.384 e. The van der Waals surface area contributed by atoms with Crippen LogP contribution in [0.4, 0.5) is 0 Å². The maximum Gasteiger partial charge on any atom is 0.0622 e. The van der Waals surface area contributed by atoms with Gasteiger partial charge in [-0.2, -0.15) is 0 Å². The van der Waals surface area contributed by atoms with Gasteiger partial charge in [-0.3, -0.25) is 4.90 Å². The molecule has 0 aromatic rings. The van der Waals surface area contributed by atoms with Crippen LogP contribution in [0.15, 0.2) is 0 Å². The van der Waals surface area contributed by atoms with Crippen LogP contribution in [0.1, 0.15) is 25.7 Å². The van der Waals surface area contributed by atoms with Gasteiger partial charge in [0, 0.05) is 31.2 Å². The summed E-state index contributed by atoms with van der Waals surface area (Å²) >= 11 is 0. The number of nitrogens with zero attached hydrogens (tertiary/aromatic N) is 1. The minimum Gasteiger partial charge on any atom is -0.384 e. The van der Waals surface area contributed by atoms with E-state index in [4.69, 9.17) is 9.47 Å². The Balaban J connectivity index is 1.63. The van der Waals surface area contributed by atoms with Gasteiger partial charge in [-0.1, -0.05) is 0 Å². The van der Waals surface area contributed by atoms with Crippen molar-refractivity contribution in [3.63, 3.8) is 0 Å². The van der Waals surface area contributed by atoms with Crippen LogP contribution in [-0.2, 0) is 9.47 Å². The molecule has 0 aromatic heterocycles. The highest BCUT2D eigenvalue weighted by molar-refractivity contribution is 5.00. The van der Waals surface area contributed by atoms with Gasteiger partial charge in [0.1, 0.15) is 0 Å². The molecular weight excluding hydrogens is 190 g/mol. The smallest absolute Gasteiger partial charge is 0.0622 e. The van der Waals surface area contributed by atoms with Gasteiger partial charge in [-0.05, 0) is 25.7 Å². The highest BCUT2D eigenvalue weighted by Crippen LogP contribution is 2.48. The van der Waals surface area contributed by atoms with Crippen molar-refractivity contribution in [2.45, 2.75) is 37.8 Å².